The molecule has 1 aromatic carbocycles. The molecule has 170 valence electrons. The lowest BCUT2D eigenvalue weighted by atomic mass is 9.90. The fourth-order valence-corrected chi connectivity index (χ4v) is 5.72. The zero-order chi connectivity index (χ0) is 22.7. The molecule has 1 fully saturated rings. The number of rotatable bonds is 8. The molecule has 6 heteroatoms. The number of hydrogen-bond donors (Lipinski definition) is 2. The fraction of sp³-hybridized carbons (Fsp3) is 0.385. The first-order valence-corrected chi connectivity index (χ1v) is 12.0. The number of aryl methyl sites for hydroxylation is 1. The second kappa shape index (κ2) is 10.0. The summed E-state index contributed by atoms with van der Waals surface area (Å²) in [5.74, 6) is 0.873. The molecule has 3 unspecified atom stereocenters. The lowest BCUT2D eigenvalue weighted by Gasteiger charge is -2.38. The van der Waals surface area contributed by atoms with Gasteiger partial charge in [0.1, 0.15) is 24.3 Å². The summed E-state index contributed by atoms with van der Waals surface area (Å²) in [4.78, 5) is 8.00. The fourth-order valence-electron chi connectivity index (χ4n) is 4.50. The maximum absolute atomic E-state index is 13.0. The largest absolute Gasteiger partial charge is 0.490 e. The van der Waals surface area contributed by atoms with E-state index in [2.05, 4.69) is 36.4 Å². The smallest absolute Gasteiger partial charge is 0.128 e. The normalized spacial score (nSPS) is 20.8. The highest BCUT2D eigenvalue weighted by Gasteiger charge is 2.29. The molecule has 0 aliphatic carbocycles. The number of β-amino-alcohol motifs (C(OH)–C–C–N with tert-alkyl or cyclic N) is 1. The van der Waals surface area contributed by atoms with Crippen molar-refractivity contribution >= 4 is 28.3 Å². The topological polar surface area (TPSA) is 48.5 Å². The molecule has 0 radical (unpaired) electrons. The monoisotopic (exact) mass is 454 g/mol. The molecule has 2 N–H and O–H groups in total. The molecule has 0 bridgehead atoms. The van der Waals surface area contributed by atoms with Crippen molar-refractivity contribution in [2.75, 3.05) is 19.7 Å². The second-order valence-electron chi connectivity index (χ2n) is 8.70. The predicted octanol–water partition coefficient (Wildman–Crippen LogP) is 6.04. The number of aromatic amines is 1. The van der Waals surface area contributed by atoms with Crippen LogP contribution >= 0.6 is 11.3 Å². The number of fused-ring (bicyclic) bond motifs is 1. The van der Waals surface area contributed by atoms with Crippen LogP contribution in [0.15, 0.2) is 55.0 Å². The third-order valence-corrected chi connectivity index (χ3v) is 7.60. The van der Waals surface area contributed by atoms with Crippen LogP contribution in [0.25, 0.3) is 17.0 Å². The van der Waals surface area contributed by atoms with Crippen LogP contribution in [0.3, 0.4) is 0 Å². The molecule has 2 aromatic heterocycles. The lowest BCUT2D eigenvalue weighted by Crippen LogP contribution is -2.45. The molecule has 32 heavy (non-hydrogen) atoms. The number of aliphatic hydroxyl groups excluding tert-OH is 1. The molecular weight excluding hydrogens is 423 g/mol. The zero-order valence-electron chi connectivity index (χ0n) is 18.7. The van der Waals surface area contributed by atoms with Gasteiger partial charge in [-0.2, -0.15) is 0 Å². The Labute approximate surface area is 193 Å². The van der Waals surface area contributed by atoms with Gasteiger partial charge in [-0.15, -0.1) is 11.3 Å². The van der Waals surface area contributed by atoms with Gasteiger partial charge in [0.15, 0.2) is 0 Å². The van der Waals surface area contributed by atoms with Gasteiger partial charge in [0, 0.05) is 39.4 Å². The number of aromatic nitrogens is 1. The predicted molar refractivity (Wildman–Crippen MR) is 131 cm³/mol. The molecule has 4 rings (SSSR count). The molecule has 1 saturated heterocycles. The van der Waals surface area contributed by atoms with Gasteiger partial charge in [0.2, 0.25) is 0 Å². The van der Waals surface area contributed by atoms with Gasteiger partial charge in [0.25, 0.3) is 0 Å². The number of H-pyrrole nitrogens is 1. The number of nitrogens with one attached hydrogen (secondary N) is 1. The first kappa shape index (κ1) is 22.8. The first-order valence-electron chi connectivity index (χ1n) is 11.1. The molecule has 3 atom stereocenters. The van der Waals surface area contributed by atoms with Crippen LogP contribution in [-0.4, -0.2) is 46.8 Å². The number of benzene rings is 1. The van der Waals surface area contributed by atoms with Crippen LogP contribution in [0.4, 0.5) is 4.39 Å². The minimum Gasteiger partial charge on any atom is -0.490 e. The van der Waals surface area contributed by atoms with E-state index in [0.29, 0.717) is 18.5 Å². The van der Waals surface area contributed by atoms with Crippen LogP contribution in [0.1, 0.15) is 41.0 Å². The SMILES string of the molecule is C=C(F)/C=C\c1sc(C2CCN(CC(O)COc3cccc4[nH]ccc34)C(C)C2)cc1C. The number of hydrogen-bond acceptors (Lipinski definition) is 4. The highest BCUT2D eigenvalue weighted by molar-refractivity contribution is 7.13. The average molecular weight is 455 g/mol. The van der Waals surface area contributed by atoms with Gasteiger partial charge >= 0.3 is 0 Å². The highest BCUT2D eigenvalue weighted by Crippen LogP contribution is 2.37. The number of nitrogens with zero attached hydrogens (tertiary/aromatic N) is 1. The van der Waals surface area contributed by atoms with E-state index in [4.69, 9.17) is 4.74 Å². The Morgan fingerprint density at radius 2 is 2.28 bits per heavy atom. The van der Waals surface area contributed by atoms with Crippen molar-refractivity contribution < 1.29 is 14.2 Å². The summed E-state index contributed by atoms with van der Waals surface area (Å²) in [5, 5.41) is 11.6. The molecule has 4 nitrogen and oxygen atoms in total. The van der Waals surface area contributed by atoms with Crippen molar-refractivity contribution in [2.45, 2.75) is 44.8 Å². The standard InChI is InChI=1S/C26H31FN2O2S/c1-17-13-26(32-25(17)8-7-18(2)27)20-10-12-29(19(3)14-20)15-21(30)16-31-24-6-4-5-23-22(24)9-11-28-23/h4-9,11,13,19-21,28,30H,2,10,12,14-16H2,1,3H3/b8-7-. The molecule has 0 spiro atoms. The maximum Gasteiger partial charge on any atom is 0.128 e. The number of ether oxygens (including phenoxy) is 1. The number of thiophene rings is 1. The Morgan fingerprint density at radius 1 is 1.44 bits per heavy atom. The zero-order valence-corrected chi connectivity index (χ0v) is 19.5. The van der Waals surface area contributed by atoms with Crippen LogP contribution in [0.5, 0.6) is 5.75 Å². The van der Waals surface area contributed by atoms with Gasteiger partial charge in [-0.05, 0) is 81.1 Å². The molecule has 3 aromatic rings. The van der Waals surface area contributed by atoms with E-state index in [1.165, 1.54) is 16.5 Å². The quantitative estimate of drug-likeness (QED) is 0.408. The maximum atomic E-state index is 13.0. The van der Waals surface area contributed by atoms with Crippen LogP contribution < -0.4 is 4.74 Å². The van der Waals surface area contributed by atoms with E-state index in [1.807, 2.05) is 36.5 Å². The van der Waals surface area contributed by atoms with Crippen molar-refractivity contribution in [1.82, 2.24) is 9.88 Å². The first-order chi connectivity index (χ1) is 15.4. The summed E-state index contributed by atoms with van der Waals surface area (Å²) in [6.45, 7) is 9.42. The van der Waals surface area contributed by atoms with Gasteiger partial charge in [-0.1, -0.05) is 12.6 Å². The molecule has 0 amide bonds. The van der Waals surface area contributed by atoms with Crippen molar-refractivity contribution in [3.63, 3.8) is 0 Å². The summed E-state index contributed by atoms with van der Waals surface area (Å²) in [7, 11) is 0. The molecule has 1 aliphatic rings. The van der Waals surface area contributed by atoms with E-state index >= 15 is 0 Å². The van der Waals surface area contributed by atoms with E-state index in [0.717, 1.165) is 40.9 Å². The minimum absolute atomic E-state index is 0.274. The number of aliphatic hydroxyl groups is 1. The van der Waals surface area contributed by atoms with Crippen molar-refractivity contribution in [3.8, 4) is 5.75 Å². The molecule has 1 aliphatic heterocycles. The number of piperidine rings is 1. The van der Waals surface area contributed by atoms with Gasteiger partial charge in [-0.25, -0.2) is 4.39 Å². The van der Waals surface area contributed by atoms with E-state index in [1.54, 1.807) is 11.3 Å². The van der Waals surface area contributed by atoms with Crippen LogP contribution in [0.2, 0.25) is 0 Å². The Balaban J connectivity index is 1.30. The summed E-state index contributed by atoms with van der Waals surface area (Å²) in [5.41, 5.74) is 2.22. The lowest BCUT2D eigenvalue weighted by molar-refractivity contribution is 0.0408. The summed E-state index contributed by atoms with van der Waals surface area (Å²) >= 11 is 1.75. The number of halogens is 1. The van der Waals surface area contributed by atoms with Gasteiger partial charge in [0.05, 0.1) is 0 Å². The van der Waals surface area contributed by atoms with Crippen LogP contribution in [-0.2, 0) is 0 Å². The number of allylic oxidation sites excluding steroid dienone is 2. The summed E-state index contributed by atoms with van der Waals surface area (Å²) in [6.07, 6.45) is 6.70. The van der Waals surface area contributed by atoms with E-state index in [-0.39, 0.29) is 6.61 Å². The van der Waals surface area contributed by atoms with Crippen LogP contribution in [0, 0.1) is 6.92 Å². The molecular formula is C26H31FN2O2S. The Kier molecular flexibility index (Phi) is 7.13. The molecule has 3 heterocycles. The average Bonchev–Trinajstić information content (AvgIpc) is 3.39. The van der Waals surface area contributed by atoms with Gasteiger partial charge in [-0.3, -0.25) is 4.90 Å². The minimum atomic E-state index is -0.544. The Bertz CT molecular complexity index is 1100. The van der Waals surface area contributed by atoms with Crippen molar-refractivity contribution in [3.05, 3.63) is 70.3 Å². The summed E-state index contributed by atoms with van der Waals surface area (Å²) < 4.78 is 18.9. The van der Waals surface area contributed by atoms with E-state index < -0.39 is 11.9 Å². The Morgan fingerprint density at radius 3 is 3.06 bits per heavy atom. The van der Waals surface area contributed by atoms with Crippen molar-refractivity contribution in [2.24, 2.45) is 0 Å². The summed E-state index contributed by atoms with van der Waals surface area (Å²) in [6, 6.07) is 10.5. The third kappa shape index (κ3) is 5.31. The van der Waals surface area contributed by atoms with Gasteiger partial charge < -0.3 is 14.8 Å². The third-order valence-electron chi connectivity index (χ3n) is 6.24. The highest BCUT2D eigenvalue weighted by atomic mass is 32.1. The number of likely N-dealkylation sites (tertiary alicyclic amines) is 1. The Hall–Kier alpha value is -2.41. The van der Waals surface area contributed by atoms with Crippen molar-refractivity contribution in [1.29, 1.82) is 0 Å². The molecule has 0 saturated carbocycles. The van der Waals surface area contributed by atoms with E-state index in [9.17, 15) is 9.50 Å². The second-order valence-corrected chi connectivity index (χ2v) is 9.82.